The third-order valence-electron chi connectivity index (χ3n) is 1.93. The summed E-state index contributed by atoms with van der Waals surface area (Å²) in [6, 6.07) is 1.79. The van der Waals surface area contributed by atoms with Crippen molar-refractivity contribution < 1.29 is 9.84 Å². The van der Waals surface area contributed by atoms with Gasteiger partial charge in [0.1, 0.15) is 12.1 Å². The van der Waals surface area contributed by atoms with Gasteiger partial charge in [0.25, 0.3) is 0 Å². The van der Waals surface area contributed by atoms with Crippen molar-refractivity contribution in [1.82, 2.24) is 9.97 Å². The summed E-state index contributed by atoms with van der Waals surface area (Å²) in [5, 5.41) is 11.8. The van der Waals surface area contributed by atoms with E-state index in [0.29, 0.717) is 12.5 Å². The molecule has 17 heavy (non-hydrogen) atoms. The van der Waals surface area contributed by atoms with Crippen molar-refractivity contribution in [2.45, 2.75) is 13.3 Å². The summed E-state index contributed by atoms with van der Waals surface area (Å²) in [7, 11) is 0. The van der Waals surface area contributed by atoms with Crippen molar-refractivity contribution in [2.75, 3.05) is 36.6 Å². The van der Waals surface area contributed by atoms with Crippen LogP contribution in [-0.2, 0) is 0 Å². The van der Waals surface area contributed by atoms with Crippen LogP contribution in [0.3, 0.4) is 0 Å². The van der Waals surface area contributed by atoms with Crippen LogP contribution in [0.5, 0.6) is 5.88 Å². The maximum atomic E-state index is 8.62. The number of aliphatic hydroxyl groups is 1. The second-order valence-electron chi connectivity index (χ2n) is 3.29. The first kappa shape index (κ1) is 14.1. The molecule has 0 aliphatic rings. The number of rotatable bonds is 9. The van der Waals surface area contributed by atoms with Gasteiger partial charge in [-0.2, -0.15) is 11.8 Å². The van der Waals surface area contributed by atoms with Crippen LogP contribution in [-0.4, -0.2) is 46.3 Å². The van der Waals surface area contributed by atoms with Crippen molar-refractivity contribution in [3.63, 3.8) is 0 Å². The Morgan fingerprint density at radius 3 is 3.06 bits per heavy atom. The second kappa shape index (κ2) is 9.07. The summed E-state index contributed by atoms with van der Waals surface area (Å²) in [5.74, 6) is 3.37. The first-order valence-electron chi connectivity index (χ1n) is 5.74. The van der Waals surface area contributed by atoms with Crippen LogP contribution < -0.4 is 10.1 Å². The number of aromatic nitrogens is 2. The van der Waals surface area contributed by atoms with E-state index < -0.39 is 0 Å². The van der Waals surface area contributed by atoms with Crippen LogP contribution in [0.1, 0.15) is 13.3 Å². The van der Waals surface area contributed by atoms with Gasteiger partial charge in [-0.3, -0.25) is 0 Å². The molecular weight excluding hydrogens is 238 g/mol. The normalized spacial score (nSPS) is 10.2. The van der Waals surface area contributed by atoms with Crippen LogP contribution in [0.4, 0.5) is 5.82 Å². The van der Waals surface area contributed by atoms with Gasteiger partial charge in [-0.1, -0.05) is 0 Å². The number of hydrogen-bond acceptors (Lipinski definition) is 6. The lowest BCUT2D eigenvalue weighted by molar-refractivity contribution is 0.296. The molecule has 5 nitrogen and oxygen atoms in total. The maximum Gasteiger partial charge on any atom is 0.218 e. The predicted octanol–water partition coefficient (Wildman–Crippen LogP) is 1.40. The Morgan fingerprint density at radius 1 is 1.41 bits per heavy atom. The molecule has 1 heterocycles. The summed E-state index contributed by atoms with van der Waals surface area (Å²) in [4.78, 5) is 8.10. The minimum Gasteiger partial charge on any atom is -0.478 e. The minimum atomic E-state index is 0.268. The summed E-state index contributed by atoms with van der Waals surface area (Å²) in [6.07, 6.45) is 2.35. The summed E-state index contributed by atoms with van der Waals surface area (Å²) < 4.78 is 5.28. The lowest BCUT2D eigenvalue weighted by Crippen LogP contribution is -2.07. The van der Waals surface area contributed by atoms with E-state index in [1.54, 1.807) is 6.07 Å². The van der Waals surface area contributed by atoms with Crippen LogP contribution in [0.25, 0.3) is 0 Å². The smallest absolute Gasteiger partial charge is 0.218 e. The highest BCUT2D eigenvalue weighted by atomic mass is 32.2. The molecule has 0 saturated carbocycles. The lowest BCUT2D eigenvalue weighted by atomic mass is 10.5. The van der Waals surface area contributed by atoms with E-state index in [1.165, 1.54) is 6.33 Å². The molecule has 0 aliphatic carbocycles. The Bertz CT molecular complexity index is 313. The van der Waals surface area contributed by atoms with Gasteiger partial charge >= 0.3 is 0 Å². The van der Waals surface area contributed by atoms with Crippen molar-refractivity contribution >= 4 is 17.6 Å². The van der Waals surface area contributed by atoms with Gasteiger partial charge in [0.05, 0.1) is 6.61 Å². The quantitative estimate of drug-likeness (QED) is 0.652. The Hall–Kier alpha value is -1.01. The topological polar surface area (TPSA) is 67.3 Å². The molecule has 0 bridgehead atoms. The number of thioether (sulfide) groups is 1. The Morgan fingerprint density at radius 2 is 2.29 bits per heavy atom. The van der Waals surface area contributed by atoms with E-state index in [1.807, 2.05) is 18.7 Å². The molecule has 1 rings (SSSR count). The third-order valence-corrected chi connectivity index (χ3v) is 3.00. The molecule has 96 valence electrons. The zero-order chi connectivity index (χ0) is 12.3. The number of nitrogens with zero attached hydrogens (tertiary/aromatic N) is 2. The molecule has 2 N–H and O–H groups in total. The monoisotopic (exact) mass is 257 g/mol. The van der Waals surface area contributed by atoms with Crippen molar-refractivity contribution in [3.05, 3.63) is 12.4 Å². The molecule has 0 amide bonds. The Labute approximate surface area is 106 Å². The summed E-state index contributed by atoms with van der Waals surface area (Å²) >= 11 is 1.81. The molecule has 0 aromatic carbocycles. The molecule has 1 aromatic heterocycles. The number of anilines is 1. The fraction of sp³-hybridized carbons (Fsp3) is 0.636. The summed E-state index contributed by atoms with van der Waals surface area (Å²) in [5.41, 5.74) is 0. The highest BCUT2D eigenvalue weighted by molar-refractivity contribution is 7.99. The summed E-state index contributed by atoms with van der Waals surface area (Å²) in [6.45, 7) is 3.64. The van der Waals surface area contributed by atoms with Gasteiger partial charge in [0.2, 0.25) is 5.88 Å². The number of hydrogen-bond donors (Lipinski definition) is 2. The molecule has 0 unspecified atom stereocenters. The van der Waals surface area contributed by atoms with Crippen molar-refractivity contribution in [3.8, 4) is 5.88 Å². The van der Waals surface area contributed by atoms with Gasteiger partial charge in [-0.15, -0.1) is 0 Å². The van der Waals surface area contributed by atoms with Crippen LogP contribution >= 0.6 is 11.8 Å². The van der Waals surface area contributed by atoms with Gasteiger partial charge in [-0.25, -0.2) is 9.97 Å². The first-order valence-corrected chi connectivity index (χ1v) is 6.89. The van der Waals surface area contributed by atoms with Crippen molar-refractivity contribution in [2.24, 2.45) is 0 Å². The number of aliphatic hydroxyl groups excluding tert-OH is 1. The van der Waals surface area contributed by atoms with E-state index in [-0.39, 0.29) is 6.61 Å². The molecule has 0 radical (unpaired) electrons. The third kappa shape index (κ3) is 6.33. The lowest BCUT2D eigenvalue weighted by Gasteiger charge is -2.06. The predicted molar refractivity (Wildman–Crippen MR) is 70.7 cm³/mol. The Kier molecular flexibility index (Phi) is 7.49. The van der Waals surface area contributed by atoms with Gasteiger partial charge in [0.15, 0.2) is 0 Å². The van der Waals surface area contributed by atoms with Gasteiger partial charge in [-0.05, 0) is 19.1 Å². The van der Waals surface area contributed by atoms with E-state index in [2.05, 4.69) is 15.3 Å². The Balaban J connectivity index is 2.19. The van der Waals surface area contributed by atoms with E-state index in [9.17, 15) is 0 Å². The van der Waals surface area contributed by atoms with Gasteiger partial charge in [0, 0.05) is 25.0 Å². The highest BCUT2D eigenvalue weighted by Crippen LogP contribution is 2.11. The average molecular weight is 257 g/mol. The molecule has 6 heteroatoms. The zero-order valence-electron chi connectivity index (χ0n) is 10.1. The largest absolute Gasteiger partial charge is 0.478 e. The standard InChI is InChI=1S/C11H19N3O2S/c1-2-16-11-8-10(13-9-14-11)12-4-7-17-6-3-5-15/h8-9,15H,2-7H2,1H3,(H,12,13,14). The number of nitrogens with one attached hydrogen (secondary N) is 1. The molecular formula is C11H19N3O2S. The van der Waals surface area contributed by atoms with E-state index >= 15 is 0 Å². The van der Waals surface area contributed by atoms with E-state index in [4.69, 9.17) is 9.84 Å². The van der Waals surface area contributed by atoms with Gasteiger partial charge < -0.3 is 15.2 Å². The second-order valence-corrected chi connectivity index (χ2v) is 4.52. The van der Waals surface area contributed by atoms with Crippen LogP contribution in [0.15, 0.2) is 12.4 Å². The van der Waals surface area contributed by atoms with Crippen LogP contribution in [0, 0.1) is 0 Å². The zero-order valence-corrected chi connectivity index (χ0v) is 10.9. The van der Waals surface area contributed by atoms with E-state index in [0.717, 1.165) is 30.3 Å². The number of ether oxygens (including phenoxy) is 1. The maximum absolute atomic E-state index is 8.62. The van der Waals surface area contributed by atoms with Crippen LogP contribution in [0.2, 0.25) is 0 Å². The fourth-order valence-corrected chi connectivity index (χ4v) is 1.97. The molecule has 0 fully saturated rings. The average Bonchev–Trinajstić information content (AvgIpc) is 2.35. The first-order chi connectivity index (χ1) is 8.36. The highest BCUT2D eigenvalue weighted by Gasteiger charge is 1.98. The fourth-order valence-electron chi connectivity index (χ4n) is 1.18. The minimum absolute atomic E-state index is 0.268. The molecule has 0 saturated heterocycles. The van der Waals surface area contributed by atoms with Crippen molar-refractivity contribution in [1.29, 1.82) is 0 Å². The molecule has 0 atom stereocenters. The molecule has 0 aliphatic heterocycles. The SMILES string of the molecule is CCOc1cc(NCCSCCCO)ncn1. The molecule has 1 aromatic rings. The molecule has 0 spiro atoms.